The Bertz CT molecular complexity index is 487. The molecule has 0 bridgehead atoms. The van der Waals surface area contributed by atoms with Crippen LogP contribution in [-0.2, 0) is 12.8 Å². The average Bonchev–Trinajstić information content (AvgIpc) is 2.83. The van der Waals surface area contributed by atoms with Crippen LogP contribution >= 0.6 is 0 Å². The van der Waals surface area contributed by atoms with Crippen LogP contribution in [0.3, 0.4) is 0 Å². The number of hydrogen-bond donors (Lipinski definition) is 1. The highest BCUT2D eigenvalue weighted by atomic mass is 15.3. The number of rotatable bonds is 1. The van der Waals surface area contributed by atoms with E-state index in [1.165, 1.54) is 12.0 Å². The Balaban J connectivity index is 2.14. The van der Waals surface area contributed by atoms with Gasteiger partial charge in [-0.15, -0.1) is 0 Å². The molecular weight excluding hydrogens is 188 g/mol. The standard InChI is InChI=1S/C11H12N4/c12-11-8-4-3-5-9(8)14-15(11)10-6-1-2-7-13-10/h1-2,6-7H,3-5,12H2. The molecule has 0 radical (unpaired) electrons. The summed E-state index contributed by atoms with van der Waals surface area (Å²) in [6.07, 6.45) is 5.01. The van der Waals surface area contributed by atoms with Gasteiger partial charge >= 0.3 is 0 Å². The van der Waals surface area contributed by atoms with E-state index in [4.69, 9.17) is 5.73 Å². The number of nitrogens with zero attached hydrogens (tertiary/aromatic N) is 3. The predicted molar refractivity (Wildman–Crippen MR) is 57.8 cm³/mol. The first-order valence-electron chi connectivity index (χ1n) is 5.14. The quantitative estimate of drug-likeness (QED) is 0.755. The molecule has 4 nitrogen and oxygen atoms in total. The van der Waals surface area contributed by atoms with Crippen LogP contribution in [0.1, 0.15) is 17.7 Å². The molecule has 2 heterocycles. The molecule has 0 aliphatic heterocycles. The molecule has 2 aromatic rings. The first-order chi connectivity index (χ1) is 7.36. The number of aromatic nitrogens is 3. The van der Waals surface area contributed by atoms with Gasteiger partial charge in [-0.25, -0.2) is 4.98 Å². The molecule has 1 aliphatic rings. The minimum Gasteiger partial charge on any atom is -0.383 e. The number of pyridine rings is 1. The normalized spacial score (nSPS) is 14.1. The fourth-order valence-electron chi connectivity index (χ4n) is 2.07. The molecule has 0 fully saturated rings. The van der Waals surface area contributed by atoms with E-state index in [1.807, 2.05) is 18.2 Å². The second kappa shape index (κ2) is 3.08. The van der Waals surface area contributed by atoms with Crippen molar-refractivity contribution in [2.24, 2.45) is 0 Å². The molecule has 0 saturated carbocycles. The molecule has 0 aromatic carbocycles. The van der Waals surface area contributed by atoms with E-state index in [9.17, 15) is 0 Å². The van der Waals surface area contributed by atoms with Crippen molar-refractivity contribution >= 4 is 5.82 Å². The molecule has 0 spiro atoms. The molecule has 2 aromatic heterocycles. The molecule has 0 atom stereocenters. The van der Waals surface area contributed by atoms with Crippen LogP contribution in [0.4, 0.5) is 5.82 Å². The van der Waals surface area contributed by atoms with Crippen LogP contribution in [0.25, 0.3) is 5.82 Å². The van der Waals surface area contributed by atoms with Gasteiger partial charge in [0.2, 0.25) is 0 Å². The maximum absolute atomic E-state index is 6.05. The molecule has 2 N–H and O–H groups in total. The van der Waals surface area contributed by atoms with E-state index in [-0.39, 0.29) is 0 Å². The fraction of sp³-hybridized carbons (Fsp3) is 0.273. The summed E-state index contributed by atoms with van der Waals surface area (Å²) in [7, 11) is 0. The van der Waals surface area contributed by atoms with Crippen molar-refractivity contribution in [3.8, 4) is 5.82 Å². The summed E-state index contributed by atoms with van der Waals surface area (Å²) in [4.78, 5) is 4.24. The van der Waals surface area contributed by atoms with Crippen molar-refractivity contribution in [2.75, 3.05) is 5.73 Å². The van der Waals surface area contributed by atoms with Crippen molar-refractivity contribution in [2.45, 2.75) is 19.3 Å². The Morgan fingerprint density at radius 3 is 2.93 bits per heavy atom. The van der Waals surface area contributed by atoms with Gasteiger partial charge in [0, 0.05) is 11.8 Å². The molecule has 0 saturated heterocycles. The van der Waals surface area contributed by atoms with Crippen LogP contribution in [0.15, 0.2) is 24.4 Å². The third-order valence-electron chi connectivity index (χ3n) is 2.81. The van der Waals surface area contributed by atoms with Crippen molar-refractivity contribution < 1.29 is 0 Å². The lowest BCUT2D eigenvalue weighted by Crippen LogP contribution is -2.05. The highest BCUT2D eigenvalue weighted by Gasteiger charge is 2.20. The highest BCUT2D eigenvalue weighted by Crippen LogP contribution is 2.27. The zero-order chi connectivity index (χ0) is 10.3. The van der Waals surface area contributed by atoms with Gasteiger partial charge in [-0.2, -0.15) is 9.78 Å². The van der Waals surface area contributed by atoms with E-state index in [0.29, 0.717) is 0 Å². The Morgan fingerprint density at radius 1 is 1.27 bits per heavy atom. The Hall–Kier alpha value is -1.84. The topological polar surface area (TPSA) is 56.7 Å². The fourth-order valence-corrected chi connectivity index (χ4v) is 2.07. The van der Waals surface area contributed by atoms with Gasteiger partial charge in [-0.3, -0.25) is 0 Å². The smallest absolute Gasteiger partial charge is 0.155 e. The van der Waals surface area contributed by atoms with Gasteiger partial charge in [-0.1, -0.05) is 6.07 Å². The number of aryl methyl sites for hydroxylation is 1. The minimum absolute atomic E-state index is 0.751. The van der Waals surface area contributed by atoms with Gasteiger partial charge in [-0.05, 0) is 31.4 Å². The van der Waals surface area contributed by atoms with Gasteiger partial charge in [0.05, 0.1) is 5.69 Å². The SMILES string of the molecule is Nc1c2c(nn1-c1ccccn1)CCC2. The lowest BCUT2D eigenvalue weighted by atomic mass is 10.2. The summed E-state index contributed by atoms with van der Waals surface area (Å²) in [6, 6.07) is 5.74. The summed E-state index contributed by atoms with van der Waals surface area (Å²) < 4.78 is 1.74. The van der Waals surface area contributed by atoms with Crippen LogP contribution in [0.5, 0.6) is 0 Å². The van der Waals surface area contributed by atoms with E-state index in [0.717, 1.165) is 30.2 Å². The monoisotopic (exact) mass is 200 g/mol. The Morgan fingerprint density at radius 2 is 2.20 bits per heavy atom. The van der Waals surface area contributed by atoms with Gasteiger partial charge in [0.1, 0.15) is 5.82 Å². The van der Waals surface area contributed by atoms with Crippen LogP contribution in [-0.4, -0.2) is 14.8 Å². The number of anilines is 1. The number of nitrogens with two attached hydrogens (primary N) is 1. The lowest BCUT2D eigenvalue weighted by molar-refractivity contribution is 0.792. The summed E-state index contributed by atoms with van der Waals surface area (Å²) in [5.74, 6) is 1.55. The second-order valence-electron chi connectivity index (χ2n) is 3.76. The number of fused-ring (bicyclic) bond motifs is 1. The average molecular weight is 200 g/mol. The third-order valence-corrected chi connectivity index (χ3v) is 2.81. The molecule has 15 heavy (non-hydrogen) atoms. The van der Waals surface area contributed by atoms with Gasteiger partial charge in [0.25, 0.3) is 0 Å². The zero-order valence-electron chi connectivity index (χ0n) is 8.35. The van der Waals surface area contributed by atoms with Crippen molar-refractivity contribution in [1.82, 2.24) is 14.8 Å². The lowest BCUT2D eigenvalue weighted by Gasteiger charge is -2.03. The van der Waals surface area contributed by atoms with Crippen molar-refractivity contribution in [3.63, 3.8) is 0 Å². The van der Waals surface area contributed by atoms with E-state index in [2.05, 4.69) is 10.1 Å². The summed E-state index contributed by atoms with van der Waals surface area (Å²) in [6.45, 7) is 0. The molecular formula is C11H12N4. The van der Waals surface area contributed by atoms with E-state index >= 15 is 0 Å². The van der Waals surface area contributed by atoms with Crippen molar-refractivity contribution in [3.05, 3.63) is 35.7 Å². The number of hydrogen-bond acceptors (Lipinski definition) is 3. The molecule has 76 valence electrons. The highest BCUT2D eigenvalue weighted by molar-refractivity contribution is 5.49. The molecule has 0 amide bonds. The van der Waals surface area contributed by atoms with E-state index in [1.54, 1.807) is 10.9 Å². The predicted octanol–water partition coefficient (Wildman–Crippen LogP) is 1.34. The van der Waals surface area contributed by atoms with Crippen LogP contribution in [0.2, 0.25) is 0 Å². The Labute approximate surface area is 87.7 Å². The van der Waals surface area contributed by atoms with Gasteiger partial charge in [0.15, 0.2) is 5.82 Å². The largest absolute Gasteiger partial charge is 0.383 e. The first-order valence-corrected chi connectivity index (χ1v) is 5.14. The van der Waals surface area contributed by atoms with Crippen molar-refractivity contribution in [1.29, 1.82) is 0 Å². The summed E-state index contributed by atoms with van der Waals surface area (Å²) in [5, 5.41) is 4.49. The molecule has 0 unspecified atom stereocenters. The molecule has 4 heteroatoms. The summed E-state index contributed by atoms with van der Waals surface area (Å²) >= 11 is 0. The third kappa shape index (κ3) is 1.21. The second-order valence-corrected chi connectivity index (χ2v) is 3.76. The van der Waals surface area contributed by atoms with E-state index < -0.39 is 0 Å². The van der Waals surface area contributed by atoms with Gasteiger partial charge < -0.3 is 5.73 Å². The molecule has 1 aliphatic carbocycles. The van der Waals surface area contributed by atoms with Crippen LogP contribution < -0.4 is 5.73 Å². The summed E-state index contributed by atoms with van der Waals surface area (Å²) in [5.41, 5.74) is 8.39. The number of nitrogen functional groups attached to an aromatic ring is 1. The first kappa shape index (κ1) is 8.47. The van der Waals surface area contributed by atoms with Crippen LogP contribution in [0, 0.1) is 0 Å². The Kier molecular flexibility index (Phi) is 1.74. The minimum atomic E-state index is 0.751. The maximum Gasteiger partial charge on any atom is 0.155 e. The maximum atomic E-state index is 6.05. The zero-order valence-corrected chi connectivity index (χ0v) is 8.35. The molecule has 3 rings (SSSR count).